The topological polar surface area (TPSA) is 76.8 Å². The smallest absolute Gasteiger partial charge is 0.321 e. The first-order valence-corrected chi connectivity index (χ1v) is 9.53. The van der Waals surface area contributed by atoms with Gasteiger partial charge < -0.3 is 9.15 Å². The standard InChI is InChI=1S/C18H16ClNO5S/c1-20(26(22,23)16-8-6-14(19)7-9-16)11-18(21)24-12-15-10-13-4-2-3-5-17(13)25-15/h2-10H,11-12H2,1H3. The number of rotatable bonds is 6. The highest BCUT2D eigenvalue weighted by molar-refractivity contribution is 7.89. The summed E-state index contributed by atoms with van der Waals surface area (Å²) in [6, 6.07) is 14.9. The summed E-state index contributed by atoms with van der Waals surface area (Å²) >= 11 is 5.76. The first-order valence-electron chi connectivity index (χ1n) is 7.71. The molecule has 0 saturated carbocycles. The summed E-state index contributed by atoms with van der Waals surface area (Å²) in [5, 5.41) is 1.33. The summed E-state index contributed by atoms with van der Waals surface area (Å²) < 4.78 is 36.5. The van der Waals surface area contributed by atoms with Gasteiger partial charge in [0.1, 0.15) is 24.5 Å². The van der Waals surface area contributed by atoms with Crippen LogP contribution in [0.5, 0.6) is 0 Å². The van der Waals surface area contributed by atoms with Crippen LogP contribution in [0.3, 0.4) is 0 Å². The van der Waals surface area contributed by atoms with Crippen molar-refractivity contribution in [2.24, 2.45) is 0 Å². The van der Waals surface area contributed by atoms with Gasteiger partial charge in [-0.2, -0.15) is 4.31 Å². The molecule has 6 nitrogen and oxygen atoms in total. The largest absolute Gasteiger partial charge is 0.457 e. The summed E-state index contributed by atoms with van der Waals surface area (Å²) in [5.41, 5.74) is 0.695. The molecule has 0 aliphatic rings. The molecular formula is C18H16ClNO5S. The van der Waals surface area contributed by atoms with E-state index in [1.807, 2.05) is 24.3 Å². The molecule has 0 atom stereocenters. The Morgan fingerprint density at radius 1 is 1.15 bits per heavy atom. The van der Waals surface area contributed by atoms with Crippen molar-refractivity contribution in [1.29, 1.82) is 0 Å². The first-order chi connectivity index (χ1) is 12.4. The fraction of sp³-hybridized carbons (Fsp3) is 0.167. The van der Waals surface area contributed by atoms with E-state index in [9.17, 15) is 13.2 Å². The SMILES string of the molecule is CN(CC(=O)OCc1cc2ccccc2o1)S(=O)(=O)c1ccc(Cl)cc1. The van der Waals surface area contributed by atoms with E-state index >= 15 is 0 Å². The zero-order chi connectivity index (χ0) is 18.7. The lowest BCUT2D eigenvalue weighted by Crippen LogP contribution is -2.33. The Labute approximate surface area is 156 Å². The molecule has 0 aliphatic heterocycles. The quantitative estimate of drug-likeness (QED) is 0.599. The number of esters is 1. The molecule has 0 bridgehead atoms. The summed E-state index contributed by atoms with van der Waals surface area (Å²) in [5.74, 6) is -0.187. The number of carbonyl (C=O) groups excluding carboxylic acids is 1. The van der Waals surface area contributed by atoms with Crippen LogP contribution in [0, 0.1) is 0 Å². The van der Waals surface area contributed by atoms with Crippen molar-refractivity contribution in [2.45, 2.75) is 11.5 Å². The number of nitrogens with zero attached hydrogens (tertiary/aromatic N) is 1. The highest BCUT2D eigenvalue weighted by Gasteiger charge is 2.23. The van der Waals surface area contributed by atoms with Crippen molar-refractivity contribution >= 4 is 38.6 Å². The molecule has 0 unspecified atom stereocenters. The molecule has 0 saturated heterocycles. The van der Waals surface area contributed by atoms with Gasteiger partial charge in [-0.25, -0.2) is 8.42 Å². The fourth-order valence-electron chi connectivity index (χ4n) is 2.36. The Morgan fingerprint density at radius 2 is 1.85 bits per heavy atom. The third kappa shape index (κ3) is 4.07. The van der Waals surface area contributed by atoms with Crippen molar-refractivity contribution in [3.63, 3.8) is 0 Å². The van der Waals surface area contributed by atoms with E-state index < -0.39 is 22.5 Å². The number of benzene rings is 2. The number of hydrogen-bond acceptors (Lipinski definition) is 5. The third-order valence-corrected chi connectivity index (χ3v) is 5.80. The summed E-state index contributed by atoms with van der Waals surface area (Å²) in [6.45, 7) is -0.479. The van der Waals surface area contributed by atoms with Gasteiger partial charge in [0.2, 0.25) is 10.0 Å². The maximum atomic E-state index is 12.4. The van der Waals surface area contributed by atoms with Crippen LogP contribution in [0.2, 0.25) is 5.02 Å². The van der Waals surface area contributed by atoms with E-state index in [2.05, 4.69) is 0 Å². The zero-order valence-electron chi connectivity index (χ0n) is 13.9. The number of para-hydroxylation sites is 1. The van der Waals surface area contributed by atoms with Gasteiger partial charge in [-0.1, -0.05) is 29.8 Å². The van der Waals surface area contributed by atoms with Gasteiger partial charge in [-0.15, -0.1) is 0 Å². The van der Waals surface area contributed by atoms with E-state index in [-0.39, 0.29) is 11.5 Å². The van der Waals surface area contributed by atoms with Gasteiger partial charge in [0, 0.05) is 17.5 Å². The Balaban J connectivity index is 1.60. The Kier molecular flexibility index (Phi) is 5.31. The maximum Gasteiger partial charge on any atom is 0.321 e. The van der Waals surface area contributed by atoms with Crippen molar-refractivity contribution in [2.75, 3.05) is 13.6 Å². The molecule has 3 rings (SSSR count). The van der Waals surface area contributed by atoms with Crippen LogP contribution in [0.15, 0.2) is 63.9 Å². The fourth-order valence-corrected chi connectivity index (χ4v) is 3.60. The van der Waals surface area contributed by atoms with Crippen LogP contribution in [-0.2, 0) is 26.2 Å². The average Bonchev–Trinajstić information content (AvgIpc) is 3.03. The molecule has 136 valence electrons. The number of halogens is 1. The molecule has 1 aromatic heterocycles. The van der Waals surface area contributed by atoms with E-state index in [0.717, 1.165) is 9.69 Å². The molecular weight excluding hydrogens is 378 g/mol. The van der Waals surface area contributed by atoms with E-state index in [0.29, 0.717) is 16.4 Å². The second-order valence-corrected chi connectivity index (χ2v) is 8.11. The van der Waals surface area contributed by atoms with Crippen LogP contribution in [0.25, 0.3) is 11.0 Å². The lowest BCUT2D eigenvalue weighted by molar-refractivity contribution is -0.145. The highest BCUT2D eigenvalue weighted by atomic mass is 35.5. The van der Waals surface area contributed by atoms with Gasteiger partial charge in [0.05, 0.1) is 4.90 Å². The molecule has 0 spiro atoms. The van der Waals surface area contributed by atoms with Crippen molar-refractivity contribution in [1.82, 2.24) is 4.31 Å². The van der Waals surface area contributed by atoms with Crippen LogP contribution >= 0.6 is 11.6 Å². The Hall–Kier alpha value is -2.35. The van der Waals surface area contributed by atoms with Crippen molar-refractivity contribution < 1.29 is 22.4 Å². The molecule has 2 aromatic carbocycles. The highest BCUT2D eigenvalue weighted by Crippen LogP contribution is 2.20. The lowest BCUT2D eigenvalue weighted by Gasteiger charge is -2.16. The molecule has 0 N–H and O–H groups in total. The van der Waals surface area contributed by atoms with E-state index in [4.69, 9.17) is 20.8 Å². The van der Waals surface area contributed by atoms with Gasteiger partial charge >= 0.3 is 5.97 Å². The minimum absolute atomic E-state index is 0.0504. The summed E-state index contributed by atoms with van der Waals surface area (Å²) in [7, 11) is -2.49. The van der Waals surface area contributed by atoms with Crippen molar-refractivity contribution in [3.8, 4) is 0 Å². The number of ether oxygens (including phenoxy) is 1. The first kappa shape index (κ1) is 18.4. The number of sulfonamides is 1. The molecule has 0 radical (unpaired) electrons. The van der Waals surface area contributed by atoms with Crippen LogP contribution < -0.4 is 0 Å². The third-order valence-electron chi connectivity index (χ3n) is 3.73. The monoisotopic (exact) mass is 393 g/mol. The molecule has 0 amide bonds. The molecule has 0 fully saturated rings. The predicted octanol–water partition coefficient (Wildman–Crippen LogP) is 3.45. The van der Waals surface area contributed by atoms with Crippen LogP contribution in [0.4, 0.5) is 0 Å². The van der Waals surface area contributed by atoms with E-state index in [1.165, 1.54) is 31.3 Å². The minimum Gasteiger partial charge on any atom is -0.457 e. The molecule has 26 heavy (non-hydrogen) atoms. The lowest BCUT2D eigenvalue weighted by atomic mass is 10.2. The van der Waals surface area contributed by atoms with Gasteiger partial charge in [-0.05, 0) is 36.4 Å². The maximum absolute atomic E-state index is 12.4. The van der Waals surface area contributed by atoms with Crippen LogP contribution in [-0.4, -0.2) is 32.3 Å². The zero-order valence-corrected chi connectivity index (χ0v) is 15.5. The van der Waals surface area contributed by atoms with Crippen molar-refractivity contribution in [3.05, 3.63) is 65.4 Å². The van der Waals surface area contributed by atoms with Gasteiger partial charge in [0.15, 0.2) is 0 Å². The second kappa shape index (κ2) is 7.49. The van der Waals surface area contributed by atoms with E-state index in [1.54, 1.807) is 6.07 Å². The Bertz CT molecular complexity index is 994. The number of furan rings is 1. The molecule has 8 heteroatoms. The average molecular weight is 394 g/mol. The normalized spacial score (nSPS) is 11.8. The number of hydrogen-bond donors (Lipinski definition) is 0. The number of likely N-dealkylation sites (N-methyl/N-ethyl adjacent to an activating group) is 1. The second-order valence-electron chi connectivity index (χ2n) is 5.63. The summed E-state index contributed by atoms with van der Waals surface area (Å²) in [6.07, 6.45) is 0. The predicted molar refractivity (Wildman–Crippen MR) is 97.3 cm³/mol. The van der Waals surface area contributed by atoms with Crippen LogP contribution in [0.1, 0.15) is 5.76 Å². The molecule has 0 aliphatic carbocycles. The van der Waals surface area contributed by atoms with Gasteiger partial charge in [0.25, 0.3) is 0 Å². The molecule has 3 aromatic rings. The van der Waals surface area contributed by atoms with Gasteiger partial charge in [-0.3, -0.25) is 4.79 Å². The Morgan fingerprint density at radius 3 is 2.54 bits per heavy atom. The molecule has 1 heterocycles. The summed E-state index contributed by atoms with van der Waals surface area (Å²) in [4.78, 5) is 12.0. The number of carbonyl (C=O) groups is 1. The number of fused-ring (bicyclic) bond motifs is 1. The minimum atomic E-state index is -3.80.